The number of nitrogens with zero attached hydrogens (tertiary/aromatic N) is 2. The molecule has 1 N–H and O–H groups in total. The first kappa shape index (κ1) is 15.0. The molecule has 0 aromatic heterocycles. The van der Waals surface area contributed by atoms with Gasteiger partial charge in [-0.1, -0.05) is 6.92 Å². The van der Waals surface area contributed by atoms with Crippen LogP contribution in [0, 0.1) is 19.1 Å². The number of nitro groups is 1. The van der Waals surface area contributed by atoms with Crippen molar-refractivity contribution < 1.29 is 14.8 Å². The van der Waals surface area contributed by atoms with E-state index >= 15 is 0 Å². The molecule has 1 aromatic rings. The number of carbonyl (C=O) groups is 1. The minimum absolute atomic E-state index is 0.0531. The number of hydrogen-bond acceptors (Lipinski definition) is 4. The van der Waals surface area contributed by atoms with E-state index in [-0.39, 0.29) is 5.69 Å². The Morgan fingerprint density at radius 2 is 2.30 bits per heavy atom. The summed E-state index contributed by atoms with van der Waals surface area (Å²) in [5.74, 6) is -0.764. The lowest BCUT2D eigenvalue weighted by molar-refractivity contribution is -0.384. The topological polar surface area (TPSA) is 83.7 Å². The van der Waals surface area contributed by atoms with Crippen molar-refractivity contribution in [1.29, 1.82) is 0 Å². The predicted octanol–water partition coefficient (Wildman–Crippen LogP) is 2.89. The van der Waals surface area contributed by atoms with E-state index in [2.05, 4.69) is 22.6 Å². The van der Waals surface area contributed by atoms with Crippen LogP contribution in [0.15, 0.2) is 18.2 Å². The van der Waals surface area contributed by atoms with E-state index in [0.717, 1.165) is 9.26 Å². The molecule has 7 heteroatoms. The number of carboxylic acids is 1. The standard InChI is InChI=1S/C13H15IN2O4/c1-2-13(12(17)18)5-6-15(8-13)11-4-3-9(16(19)20)7-10(11)14/h3-4,7H,2,5-6,8H2,1H3,(H,17,18). The van der Waals surface area contributed by atoms with Crippen molar-refractivity contribution in [2.45, 2.75) is 19.8 Å². The molecule has 20 heavy (non-hydrogen) atoms. The summed E-state index contributed by atoms with van der Waals surface area (Å²) >= 11 is 2.06. The Bertz CT molecular complexity index is 563. The molecule has 1 aliphatic heterocycles. The number of aliphatic carboxylic acids is 1. The van der Waals surface area contributed by atoms with Gasteiger partial charge in [0.05, 0.1) is 16.0 Å². The molecule has 2 rings (SSSR count). The molecule has 1 aliphatic rings. The number of carboxylic acid groups (broad SMARTS) is 1. The molecule has 108 valence electrons. The fourth-order valence-electron chi connectivity index (χ4n) is 2.56. The van der Waals surface area contributed by atoms with Crippen LogP contribution in [0.1, 0.15) is 19.8 Å². The predicted molar refractivity (Wildman–Crippen MR) is 83.0 cm³/mol. The van der Waals surface area contributed by atoms with Gasteiger partial charge in [0.15, 0.2) is 0 Å². The van der Waals surface area contributed by atoms with Crippen LogP contribution in [-0.4, -0.2) is 29.1 Å². The summed E-state index contributed by atoms with van der Waals surface area (Å²) in [6, 6.07) is 4.68. The first-order valence-electron chi connectivity index (χ1n) is 6.32. The van der Waals surface area contributed by atoms with Crippen LogP contribution in [0.4, 0.5) is 11.4 Å². The van der Waals surface area contributed by atoms with Crippen LogP contribution in [-0.2, 0) is 4.79 Å². The van der Waals surface area contributed by atoms with E-state index < -0.39 is 16.3 Å². The highest BCUT2D eigenvalue weighted by atomic mass is 127. The van der Waals surface area contributed by atoms with E-state index in [9.17, 15) is 20.0 Å². The van der Waals surface area contributed by atoms with E-state index in [0.29, 0.717) is 25.9 Å². The molecular formula is C13H15IN2O4. The van der Waals surface area contributed by atoms with Crippen molar-refractivity contribution in [2.75, 3.05) is 18.0 Å². The van der Waals surface area contributed by atoms with Crippen LogP contribution in [0.3, 0.4) is 0 Å². The maximum Gasteiger partial charge on any atom is 0.311 e. The summed E-state index contributed by atoms with van der Waals surface area (Å²) in [7, 11) is 0. The highest BCUT2D eigenvalue weighted by Gasteiger charge is 2.43. The molecule has 0 saturated carbocycles. The Balaban J connectivity index is 2.26. The summed E-state index contributed by atoms with van der Waals surface area (Å²) < 4.78 is 0.772. The average Bonchev–Trinajstić information content (AvgIpc) is 2.84. The maximum atomic E-state index is 11.4. The fourth-order valence-corrected chi connectivity index (χ4v) is 3.40. The van der Waals surface area contributed by atoms with Crippen LogP contribution >= 0.6 is 22.6 Å². The van der Waals surface area contributed by atoms with Gasteiger partial charge in [0.1, 0.15) is 0 Å². The molecule has 1 atom stereocenters. The minimum Gasteiger partial charge on any atom is -0.481 e. The summed E-state index contributed by atoms with van der Waals surface area (Å²) in [5.41, 5.74) is 0.218. The molecule has 0 spiro atoms. The van der Waals surface area contributed by atoms with Gasteiger partial charge in [-0.2, -0.15) is 0 Å². The maximum absolute atomic E-state index is 11.4. The highest BCUT2D eigenvalue weighted by Crippen LogP contribution is 2.38. The van der Waals surface area contributed by atoms with E-state index in [1.807, 2.05) is 11.8 Å². The SMILES string of the molecule is CCC1(C(=O)O)CCN(c2ccc([N+](=O)[O-])cc2I)C1. The summed E-state index contributed by atoms with van der Waals surface area (Å²) in [4.78, 5) is 23.8. The number of anilines is 1. The first-order valence-corrected chi connectivity index (χ1v) is 7.40. The van der Waals surface area contributed by atoms with Crippen molar-refractivity contribution in [1.82, 2.24) is 0 Å². The van der Waals surface area contributed by atoms with Crippen molar-refractivity contribution in [2.24, 2.45) is 5.41 Å². The van der Waals surface area contributed by atoms with Crippen LogP contribution in [0.5, 0.6) is 0 Å². The molecular weight excluding hydrogens is 375 g/mol. The Morgan fingerprint density at radius 1 is 1.60 bits per heavy atom. The monoisotopic (exact) mass is 390 g/mol. The van der Waals surface area contributed by atoms with Gasteiger partial charge in [-0.05, 0) is 41.5 Å². The lowest BCUT2D eigenvalue weighted by Gasteiger charge is -2.24. The zero-order valence-electron chi connectivity index (χ0n) is 11.0. The fraction of sp³-hybridized carbons (Fsp3) is 0.462. The Kier molecular flexibility index (Phi) is 4.17. The molecule has 1 unspecified atom stereocenters. The number of non-ortho nitro benzene ring substituents is 1. The third-order valence-corrected chi connectivity index (χ3v) is 4.83. The lowest BCUT2D eigenvalue weighted by atomic mass is 9.84. The van der Waals surface area contributed by atoms with Gasteiger partial charge >= 0.3 is 5.97 Å². The van der Waals surface area contributed by atoms with Crippen LogP contribution in [0.25, 0.3) is 0 Å². The minimum atomic E-state index is -0.764. The van der Waals surface area contributed by atoms with Crippen molar-refractivity contribution in [3.05, 3.63) is 31.9 Å². The molecule has 0 aliphatic carbocycles. The molecule has 1 heterocycles. The van der Waals surface area contributed by atoms with Gasteiger partial charge in [-0.15, -0.1) is 0 Å². The van der Waals surface area contributed by atoms with Gasteiger partial charge in [0.25, 0.3) is 5.69 Å². The second-order valence-corrected chi connectivity index (χ2v) is 6.17. The largest absolute Gasteiger partial charge is 0.481 e. The Labute approximate surface area is 130 Å². The Hall–Kier alpha value is -1.38. The quantitative estimate of drug-likeness (QED) is 0.486. The number of nitro benzene ring substituents is 1. The van der Waals surface area contributed by atoms with Crippen molar-refractivity contribution >= 4 is 39.9 Å². The second-order valence-electron chi connectivity index (χ2n) is 5.00. The smallest absolute Gasteiger partial charge is 0.311 e. The van der Waals surface area contributed by atoms with Crippen LogP contribution in [0.2, 0.25) is 0 Å². The van der Waals surface area contributed by atoms with Gasteiger partial charge in [-0.3, -0.25) is 14.9 Å². The van der Waals surface area contributed by atoms with Crippen molar-refractivity contribution in [3.8, 4) is 0 Å². The molecule has 0 bridgehead atoms. The molecule has 6 nitrogen and oxygen atoms in total. The summed E-state index contributed by atoms with van der Waals surface area (Å²) in [6.45, 7) is 3.00. The number of benzene rings is 1. The molecule has 0 amide bonds. The summed E-state index contributed by atoms with van der Waals surface area (Å²) in [6.07, 6.45) is 1.19. The van der Waals surface area contributed by atoms with Gasteiger partial charge in [0, 0.05) is 28.8 Å². The lowest BCUT2D eigenvalue weighted by Crippen LogP contribution is -2.34. The first-order chi connectivity index (χ1) is 9.39. The highest BCUT2D eigenvalue weighted by molar-refractivity contribution is 14.1. The van der Waals surface area contributed by atoms with Gasteiger partial charge in [-0.25, -0.2) is 0 Å². The average molecular weight is 390 g/mol. The molecule has 0 radical (unpaired) electrons. The second kappa shape index (κ2) is 5.55. The number of halogens is 1. The van der Waals surface area contributed by atoms with Crippen LogP contribution < -0.4 is 4.90 Å². The zero-order chi connectivity index (χ0) is 14.9. The zero-order valence-corrected chi connectivity index (χ0v) is 13.2. The molecule has 1 saturated heterocycles. The number of rotatable bonds is 4. The third kappa shape index (κ3) is 2.58. The van der Waals surface area contributed by atoms with E-state index in [1.165, 1.54) is 12.1 Å². The van der Waals surface area contributed by atoms with Gasteiger partial charge < -0.3 is 10.0 Å². The summed E-state index contributed by atoms with van der Waals surface area (Å²) in [5, 5.41) is 20.1. The molecule has 1 aromatic carbocycles. The normalized spacial score (nSPS) is 22.0. The third-order valence-electron chi connectivity index (χ3n) is 3.97. The number of hydrogen-bond donors (Lipinski definition) is 1. The van der Waals surface area contributed by atoms with E-state index in [4.69, 9.17) is 0 Å². The van der Waals surface area contributed by atoms with E-state index in [1.54, 1.807) is 6.07 Å². The van der Waals surface area contributed by atoms with Crippen molar-refractivity contribution in [3.63, 3.8) is 0 Å². The van der Waals surface area contributed by atoms with Gasteiger partial charge in [0.2, 0.25) is 0 Å². The Morgan fingerprint density at radius 3 is 2.75 bits per heavy atom. The molecule has 1 fully saturated rings.